The molecule has 0 fully saturated rings. The van der Waals surface area contributed by atoms with Crippen molar-refractivity contribution in [3.8, 4) is 5.75 Å². The lowest BCUT2D eigenvalue weighted by atomic mass is 9.87. The molecule has 0 saturated carbocycles. The van der Waals surface area contributed by atoms with Crippen molar-refractivity contribution >= 4 is 0 Å². The van der Waals surface area contributed by atoms with Crippen molar-refractivity contribution in [2.24, 2.45) is 0 Å². The molecule has 1 aromatic heterocycles. The zero-order valence-corrected chi connectivity index (χ0v) is 14.5. The molecule has 0 saturated heterocycles. The number of hydrogen-bond acceptors (Lipinski definition) is 2. The van der Waals surface area contributed by atoms with Gasteiger partial charge in [0.05, 0.1) is 11.4 Å². The Morgan fingerprint density at radius 2 is 1.67 bits per heavy atom. The summed E-state index contributed by atoms with van der Waals surface area (Å²) >= 11 is 0. The molecule has 0 amide bonds. The number of aromatic nitrogens is 2. The minimum Gasteiger partial charge on any atom is -0.487 e. The Kier molecular flexibility index (Phi) is 4.70. The van der Waals surface area contributed by atoms with Crippen LogP contribution in [0.15, 0.2) is 60.7 Å². The molecule has 3 aromatic rings. The molecule has 124 valence electrons. The van der Waals surface area contributed by atoms with Crippen LogP contribution in [0.25, 0.3) is 0 Å². The van der Waals surface area contributed by atoms with E-state index in [9.17, 15) is 0 Å². The molecule has 1 N–H and O–H groups in total. The number of rotatable bonds is 5. The third-order valence-corrected chi connectivity index (χ3v) is 4.03. The Morgan fingerprint density at radius 3 is 2.33 bits per heavy atom. The SMILES string of the molecule is CC(C)(C)c1ccc(OCc2cc(Cc3ccccc3)n[nH]2)cc1. The highest BCUT2D eigenvalue weighted by Gasteiger charge is 2.13. The molecule has 3 heteroatoms. The van der Waals surface area contributed by atoms with Gasteiger partial charge in [-0.1, -0.05) is 63.2 Å². The van der Waals surface area contributed by atoms with Gasteiger partial charge in [-0.15, -0.1) is 0 Å². The van der Waals surface area contributed by atoms with Crippen LogP contribution in [0.5, 0.6) is 5.75 Å². The highest BCUT2D eigenvalue weighted by Crippen LogP contribution is 2.24. The average Bonchev–Trinajstić information content (AvgIpc) is 3.01. The summed E-state index contributed by atoms with van der Waals surface area (Å²) in [7, 11) is 0. The number of nitrogens with zero attached hydrogens (tertiary/aromatic N) is 1. The Morgan fingerprint density at radius 1 is 0.958 bits per heavy atom. The summed E-state index contributed by atoms with van der Waals surface area (Å²) < 4.78 is 5.85. The van der Waals surface area contributed by atoms with Gasteiger partial charge in [-0.3, -0.25) is 5.10 Å². The van der Waals surface area contributed by atoms with E-state index < -0.39 is 0 Å². The molecule has 0 unspecified atom stereocenters. The molecular formula is C21H24N2O. The Hall–Kier alpha value is -2.55. The number of nitrogens with one attached hydrogen (secondary N) is 1. The van der Waals surface area contributed by atoms with E-state index in [4.69, 9.17) is 4.74 Å². The maximum atomic E-state index is 5.85. The molecule has 0 atom stereocenters. The Bertz CT molecular complexity index is 768. The van der Waals surface area contributed by atoms with Gasteiger partial charge in [0, 0.05) is 6.42 Å². The van der Waals surface area contributed by atoms with E-state index in [0.29, 0.717) is 6.61 Å². The molecule has 0 aliphatic carbocycles. The van der Waals surface area contributed by atoms with E-state index in [1.807, 2.05) is 30.3 Å². The summed E-state index contributed by atoms with van der Waals surface area (Å²) in [5.41, 5.74) is 4.74. The lowest BCUT2D eigenvalue weighted by Crippen LogP contribution is -2.10. The molecule has 0 bridgehead atoms. The summed E-state index contributed by atoms with van der Waals surface area (Å²) in [6.07, 6.45) is 0.831. The number of hydrogen-bond donors (Lipinski definition) is 1. The fourth-order valence-corrected chi connectivity index (χ4v) is 2.59. The van der Waals surface area contributed by atoms with E-state index in [0.717, 1.165) is 23.6 Å². The second kappa shape index (κ2) is 6.91. The average molecular weight is 320 g/mol. The molecule has 0 aliphatic rings. The zero-order chi connectivity index (χ0) is 17.0. The first kappa shape index (κ1) is 16.3. The van der Waals surface area contributed by atoms with Gasteiger partial charge in [0.2, 0.25) is 0 Å². The molecule has 2 aromatic carbocycles. The third kappa shape index (κ3) is 4.25. The predicted molar refractivity (Wildman–Crippen MR) is 97.3 cm³/mol. The molecule has 1 heterocycles. The lowest BCUT2D eigenvalue weighted by Gasteiger charge is -2.19. The van der Waals surface area contributed by atoms with Crippen molar-refractivity contribution in [3.05, 3.63) is 83.2 Å². The van der Waals surface area contributed by atoms with E-state index in [-0.39, 0.29) is 5.41 Å². The van der Waals surface area contributed by atoms with Crippen LogP contribution < -0.4 is 4.74 Å². The fourth-order valence-electron chi connectivity index (χ4n) is 2.59. The first-order valence-electron chi connectivity index (χ1n) is 8.31. The van der Waals surface area contributed by atoms with Gasteiger partial charge in [0.15, 0.2) is 0 Å². The summed E-state index contributed by atoms with van der Waals surface area (Å²) in [6, 6.07) is 20.7. The van der Waals surface area contributed by atoms with Gasteiger partial charge < -0.3 is 4.74 Å². The van der Waals surface area contributed by atoms with Gasteiger partial charge in [-0.05, 0) is 34.7 Å². The predicted octanol–water partition coefficient (Wildman–Crippen LogP) is 4.88. The van der Waals surface area contributed by atoms with Crippen molar-refractivity contribution in [1.82, 2.24) is 10.2 Å². The van der Waals surface area contributed by atoms with Crippen LogP contribution in [0, 0.1) is 0 Å². The second-order valence-electron chi connectivity index (χ2n) is 7.11. The molecule has 0 aliphatic heterocycles. The molecule has 0 spiro atoms. The largest absolute Gasteiger partial charge is 0.487 e. The topological polar surface area (TPSA) is 37.9 Å². The van der Waals surface area contributed by atoms with Crippen molar-refractivity contribution < 1.29 is 4.74 Å². The van der Waals surface area contributed by atoms with Gasteiger partial charge in [-0.2, -0.15) is 5.10 Å². The molecule has 3 nitrogen and oxygen atoms in total. The Balaban J connectivity index is 1.57. The number of H-pyrrole nitrogens is 1. The van der Waals surface area contributed by atoms with Gasteiger partial charge in [-0.25, -0.2) is 0 Å². The zero-order valence-electron chi connectivity index (χ0n) is 14.5. The summed E-state index contributed by atoms with van der Waals surface area (Å²) in [6.45, 7) is 7.13. The standard InChI is InChI=1S/C21H24N2O/c1-21(2,3)17-9-11-20(12-10-17)24-15-19-14-18(22-23-19)13-16-7-5-4-6-8-16/h4-12,14H,13,15H2,1-3H3,(H,22,23). The van der Waals surface area contributed by atoms with E-state index in [1.54, 1.807) is 0 Å². The Labute approximate surface area is 143 Å². The second-order valence-corrected chi connectivity index (χ2v) is 7.11. The van der Waals surface area contributed by atoms with E-state index in [2.05, 4.69) is 61.3 Å². The molecule has 3 rings (SSSR count). The summed E-state index contributed by atoms with van der Waals surface area (Å²) in [4.78, 5) is 0. The van der Waals surface area contributed by atoms with Crippen LogP contribution >= 0.6 is 0 Å². The molecular weight excluding hydrogens is 296 g/mol. The first-order chi connectivity index (χ1) is 11.5. The van der Waals surface area contributed by atoms with Crippen LogP contribution in [-0.4, -0.2) is 10.2 Å². The van der Waals surface area contributed by atoms with E-state index in [1.165, 1.54) is 11.1 Å². The van der Waals surface area contributed by atoms with Crippen LogP contribution in [-0.2, 0) is 18.4 Å². The summed E-state index contributed by atoms with van der Waals surface area (Å²) in [5, 5.41) is 7.42. The maximum Gasteiger partial charge on any atom is 0.130 e. The van der Waals surface area contributed by atoms with Gasteiger partial charge >= 0.3 is 0 Å². The highest BCUT2D eigenvalue weighted by molar-refractivity contribution is 5.31. The normalized spacial score (nSPS) is 11.5. The van der Waals surface area contributed by atoms with Crippen molar-refractivity contribution in [3.63, 3.8) is 0 Å². The highest BCUT2D eigenvalue weighted by atomic mass is 16.5. The maximum absolute atomic E-state index is 5.85. The lowest BCUT2D eigenvalue weighted by molar-refractivity contribution is 0.301. The smallest absolute Gasteiger partial charge is 0.130 e. The van der Waals surface area contributed by atoms with Crippen LogP contribution in [0.3, 0.4) is 0 Å². The van der Waals surface area contributed by atoms with Crippen molar-refractivity contribution in [1.29, 1.82) is 0 Å². The number of aromatic amines is 1. The van der Waals surface area contributed by atoms with Gasteiger partial charge in [0.25, 0.3) is 0 Å². The minimum absolute atomic E-state index is 0.161. The van der Waals surface area contributed by atoms with Crippen molar-refractivity contribution in [2.45, 2.75) is 39.2 Å². The van der Waals surface area contributed by atoms with Crippen molar-refractivity contribution in [2.75, 3.05) is 0 Å². The number of benzene rings is 2. The monoisotopic (exact) mass is 320 g/mol. The third-order valence-electron chi connectivity index (χ3n) is 4.03. The fraction of sp³-hybridized carbons (Fsp3) is 0.286. The van der Waals surface area contributed by atoms with Crippen LogP contribution in [0.1, 0.15) is 43.3 Å². The molecule has 24 heavy (non-hydrogen) atoms. The van der Waals surface area contributed by atoms with E-state index >= 15 is 0 Å². The molecule has 0 radical (unpaired) electrons. The van der Waals surface area contributed by atoms with Crippen LogP contribution in [0.2, 0.25) is 0 Å². The first-order valence-corrected chi connectivity index (χ1v) is 8.31. The number of ether oxygens (including phenoxy) is 1. The van der Waals surface area contributed by atoms with Crippen LogP contribution in [0.4, 0.5) is 0 Å². The van der Waals surface area contributed by atoms with Gasteiger partial charge in [0.1, 0.15) is 12.4 Å². The summed E-state index contributed by atoms with van der Waals surface area (Å²) in [5.74, 6) is 0.877. The quantitative estimate of drug-likeness (QED) is 0.728. The minimum atomic E-state index is 0.161.